The lowest BCUT2D eigenvalue weighted by Gasteiger charge is -2.15. The van der Waals surface area contributed by atoms with Crippen LogP contribution in [0.4, 0.5) is 5.69 Å². The molecule has 0 atom stereocenters. The zero-order valence-electron chi connectivity index (χ0n) is 12.7. The van der Waals surface area contributed by atoms with Crippen molar-refractivity contribution in [2.75, 3.05) is 19.4 Å². The third-order valence-electron chi connectivity index (χ3n) is 3.23. The molecule has 0 unspecified atom stereocenters. The molecule has 1 N–H and O–H groups in total. The van der Waals surface area contributed by atoms with Crippen molar-refractivity contribution in [1.29, 1.82) is 0 Å². The Labute approximate surface area is 134 Å². The summed E-state index contributed by atoms with van der Waals surface area (Å²) in [4.78, 5) is 16.4. The van der Waals surface area contributed by atoms with Gasteiger partial charge in [0.1, 0.15) is 0 Å². The van der Waals surface area contributed by atoms with E-state index in [1.54, 1.807) is 48.5 Å². The zero-order valence-corrected chi connectivity index (χ0v) is 14.2. The number of aryl methyl sites for hydroxylation is 2. The molecule has 0 fully saturated rings. The number of hydrogen-bond acceptors (Lipinski definition) is 3. The van der Waals surface area contributed by atoms with Gasteiger partial charge < -0.3 is 10.2 Å². The number of nitrogens with zero attached hydrogens (tertiary/aromatic N) is 1. The van der Waals surface area contributed by atoms with Gasteiger partial charge in [-0.1, -0.05) is 11.6 Å². The van der Waals surface area contributed by atoms with Crippen LogP contribution in [0.3, 0.4) is 0 Å². The maximum Gasteiger partial charge on any atom is 0.255 e. The summed E-state index contributed by atoms with van der Waals surface area (Å²) in [5.41, 5.74) is 2.65. The first-order valence-corrected chi connectivity index (χ1v) is 7.89. The van der Waals surface area contributed by atoms with Crippen molar-refractivity contribution in [1.82, 2.24) is 4.90 Å². The number of anilines is 1. The largest absolute Gasteiger partial charge is 0.380 e. The highest BCUT2D eigenvalue weighted by atomic mass is 35.5. The molecule has 0 bridgehead atoms. The molecule has 1 amide bonds. The van der Waals surface area contributed by atoms with E-state index in [2.05, 4.69) is 25.2 Å². The van der Waals surface area contributed by atoms with Gasteiger partial charge in [0.25, 0.3) is 5.91 Å². The van der Waals surface area contributed by atoms with Crippen LogP contribution in [-0.4, -0.2) is 24.9 Å². The maximum atomic E-state index is 12.2. The van der Waals surface area contributed by atoms with Crippen molar-refractivity contribution in [3.05, 3.63) is 50.2 Å². The van der Waals surface area contributed by atoms with Gasteiger partial charge in [-0.2, -0.15) is 0 Å². The van der Waals surface area contributed by atoms with Gasteiger partial charge in [-0.3, -0.25) is 4.79 Å². The van der Waals surface area contributed by atoms with Gasteiger partial charge in [-0.25, -0.2) is 0 Å². The Kier molecular flexibility index (Phi) is 4.91. The number of benzene rings is 1. The maximum absolute atomic E-state index is 12.2. The van der Waals surface area contributed by atoms with Crippen LogP contribution in [0.15, 0.2) is 24.3 Å². The quantitative estimate of drug-likeness (QED) is 0.908. The summed E-state index contributed by atoms with van der Waals surface area (Å²) in [6.45, 7) is 4.89. The molecule has 0 aliphatic rings. The van der Waals surface area contributed by atoms with E-state index in [1.165, 1.54) is 15.3 Å². The second-order valence-corrected chi connectivity index (χ2v) is 7.08. The number of nitrogens with one attached hydrogen (secondary N) is 1. The van der Waals surface area contributed by atoms with Crippen LogP contribution in [0.2, 0.25) is 5.02 Å². The minimum atomic E-state index is -0.0348. The molecule has 1 aromatic carbocycles. The summed E-state index contributed by atoms with van der Waals surface area (Å²) in [5, 5.41) is 3.95. The Morgan fingerprint density at radius 1 is 1.29 bits per heavy atom. The van der Waals surface area contributed by atoms with Crippen LogP contribution < -0.4 is 5.32 Å². The molecule has 0 radical (unpaired) electrons. The highest BCUT2D eigenvalue weighted by Gasteiger charge is 2.14. The fourth-order valence-corrected chi connectivity index (χ4v) is 3.26. The summed E-state index contributed by atoms with van der Waals surface area (Å²) in [6, 6.07) is 7.47. The first kappa shape index (κ1) is 15.9. The van der Waals surface area contributed by atoms with Crippen molar-refractivity contribution in [2.24, 2.45) is 0 Å². The molecule has 5 heteroatoms. The van der Waals surface area contributed by atoms with Crippen LogP contribution in [0.1, 0.15) is 25.7 Å². The summed E-state index contributed by atoms with van der Waals surface area (Å²) in [5.74, 6) is -0.0348. The number of carbonyl (C=O) groups is 1. The molecule has 0 aliphatic carbocycles. The average Bonchev–Trinajstić information content (AvgIpc) is 2.74. The zero-order chi connectivity index (χ0) is 15.6. The molecule has 0 saturated heterocycles. The highest BCUT2D eigenvalue weighted by Crippen LogP contribution is 2.25. The molecule has 0 aliphatic heterocycles. The molecule has 3 nitrogen and oxygen atoms in total. The number of halogens is 1. The van der Waals surface area contributed by atoms with E-state index in [0.29, 0.717) is 17.1 Å². The normalized spacial score (nSPS) is 10.5. The van der Waals surface area contributed by atoms with Gasteiger partial charge in [-0.05, 0) is 43.7 Å². The fourth-order valence-electron chi connectivity index (χ4n) is 2.14. The van der Waals surface area contributed by atoms with Crippen molar-refractivity contribution >= 4 is 34.5 Å². The lowest BCUT2D eigenvalue weighted by atomic mass is 10.1. The summed E-state index contributed by atoms with van der Waals surface area (Å²) in [6.07, 6.45) is 0. The van der Waals surface area contributed by atoms with E-state index in [9.17, 15) is 4.79 Å². The smallest absolute Gasteiger partial charge is 0.255 e. The Bertz CT molecular complexity index is 664. The average molecular weight is 323 g/mol. The minimum Gasteiger partial charge on any atom is -0.380 e. The lowest BCUT2D eigenvalue weighted by molar-refractivity contribution is 0.0828. The topological polar surface area (TPSA) is 32.3 Å². The monoisotopic (exact) mass is 322 g/mol. The number of thiophene rings is 1. The standard InChI is InChI=1S/C16H19ClN2OS/c1-10-7-12(11(2)21-10)9-18-15-8-13(17)5-6-14(15)16(20)19(3)4/h5-8,18H,9H2,1-4H3. The van der Waals surface area contributed by atoms with E-state index in [0.717, 1.165) is 5.69 Å². The molecular weight excluding hydrogens is 304 g/mol. The number of amides is 1. The third-order valence-corrected chi connectivity index (χ3v) is 4.47. The highest BCUT2D eigenvalue weighted by molar-refractivity contribution is 7.12. The second-order valence-electron chi connectivity index (χ2n) is 5.18. The Hall–Kier alpha value is -1.52. The van der Waals surface area contributed by atoms with Crippen molar-refractivity contribution < 1.29 is 4.79 Å². The molecule has 112 valence electrons. The SMILES string of the molecule is Cc1cc(CNc2cc(Cl)ccc2C(=O)N(C)C)c(C)s1. The third kappa shape index (κ3) is 3.77. The van der Waals surface area contributed by atoms with Gasteiger partial charge in [-0.15, -0.1) is 11.3 Å². The molecule has 1 heterocycles. The predicted octanol–water partition coefficient (Wildman–Crippen LogP) is 4.33. The summed E-state index contributed by atoms with van der Waals surface area (Å²) < 4.78 is 0. The van der Waals surface area contributed by atoms with E-state index >= 15 is 0 Å². The molecule has 0 spiro atoms. The first-order chi connectivity index (χ1) is 9.88. The second kappa shape index (κ2) is 6.50. The van der Waals surface area contributed by atoms with Crippen LogP contribution in [0, 0.1) is 13.8 Å². The lowest BCUT2D eigenvalue weighted by Crippen LogP contribution is -2.23. The summed E-state index contributed by atoms with van der Waals surface area (Å²) in [7, 11) is 3.49. The Morgan fingerprint density at radius 3 is 2.57 bits per heavy atom. The Balaban J connectivity index is 2.24. The molecular formula is C16H19ClN2OS. The number of carbonyl (C=O) groups excluding carboxylic acids is 1. The number of rotatable bonds is 4. The molecule has 0 saturated carbocycles. The van der Waals surface area contributed by atoms with Crippen LogP contribution in [0.25, 0.3) is 0 Å². The number of hydrogen-bond donors (Lipinski definition) is 1. The summed E-state index contributed by atoms with van der Waals surface area (Å²) >= 11 is 7.84. The molecule has 2 rings (SSSR count). The van der Waals surface area contributed by atoms with Crippen LogP contribution in [-0.2, 0) is 6.54 Å². The van der Waals surface area contributed by atoms with E-state index in [4.69, 9.17) is 11.6 Å². The Morgan fingerprint density at radius 2 is 2.00 bits per heavy atom. The van der Waals surface area contributed by atoms with Gasteiger partial charge >= 0.3 is 0 Å². The van der Waals surface area contributed by atoms with E-state index < -0.39 is 0 Å². The van der Waals surface area contributed by atoms with Crippen LogP contribution >= 0.6 is 22.9 Å². The van der Waals surface area contributed by atoms with Crippen molar-refractivity contribution in [3.8, 4) is 0 Å². The van der Waals surface area contributed by atoms with Gasteiger partial charge in [0.2, 0.25) is 0 Å². The van der Waals surface area contributed by atoms with E-state index in [1.807, 2.05) is 0 Å². The van der Waals surface area contributed by atoms with Crippen molar-refractivity contribution in [2.45, 2.75) is 20.4 Å². The van der Waals surface area contributed by atoms with Crippen molar-refractivity contribution in [3.63, 3.8) is 0 Å². The molecule has 21 heavy (non-hydrogen) atoms. The van der Waals surface area contributed by atoms with Gasteiger partial charge in [0, 0.05) is 41.1 Å². The van der Waals surface area contributed by atoms with Gasteiger partial charge in [0.15, 0.2) is 0 Å². The minimum absolute atomic E-state index is 0.0348. The fraction of sp³-hybridized carbons (Fsp3) is 0.312. The first-order valence-electron chi connectivity index (χ1n) is 6.69. The van der Waals surface area contributed by atoms with Crippen LogP contribution in [0.5, 0.6) is 0 Å². The van der Waals surface area contributed by atoms with E-state index in [-0.39, 0.29) is 5.91 Å². The molecule has 1 aromatic heterocycles. The predicted molar refractivity (Wildman–Crippen MR) is 90.6 cm³/mol. The van der Waals surface area contributed by atoms with Gasteiger partial charge in [0.05, 0.1) is 5.56 Å². The molecule has 2 aromatic rings.